The second-order valence-electron chi connectivity index (χ2n) is 3.12. The van der Waals surface area contributed by atoms with E-state index in [1.165, 1.54) is 19.1 Å². The van der Waals surface area contributed by atoms with E-state index in [-0.39, 0.29) is 5.75 Å². The van der Waals surface area contributed by atoms with Gasteiger partial charge in [-0.3, -0.25) is 0 Å². The van der Waals surface area contributed by atoms with Gasteiger partial charge in [-0.2, -0.15) is 4.39 Å². The van der Waals surface area contributed by atoms with Gasteiger partial charge in [0.05, 0.1) is 6.10 Å². The van der Waals surface area contributed by atoms with Gasteiger partial charge in [0, 0.05) is 0 Å². The van der Waals surface area contributed by atoms with Crippen LogP contribution >= 0.6 is 0 Å². The normalized spacial score (nSPS) is 14.9. The lowest BCUT2D eigenvalue weighted by atomic mass is 10.2. The number of hydrogen-bond acceptors (Lipinski definition) is 2. The predicted octanol–water partition coefficient (Wildman–Crippen LogP) is 2.11. The van der Waals surface area contributed by atoms with Crippen LogP contribution in [0.5, 0.6) is 5.75 Å². The summed E-state index contributed by atoms with van der Waals surface area (Å²) in [6.07, 6.45) is -1.32. The monoisotopic (exact) mass is 202 g/mol. The molecule has 0 saturated carbocycles. The molecule has 1 aromatic rings. The van der Waals surface area contributed by atoms with Crippen LogP contribution in [0.15, 0.2) is 18.2 Å². The van der Waals surface area contributed by atoms with Gasteiger partial charge >= 0.3 is 0 Å². The van der Waals surface area contributed by atoms with Crippen molar-refractivity contribution in [1.82, 2.24) is 0 Å². The molecule has 0 heterocycles. The quantitative estimate of drug-likeness (QED) is 0.813. The van der Waals surface area contributed by atoms with E-state index >= 15 is 0 Å². The fourth-order valence-electron chi connectivity index (χ4n) is 0.874. The van der Waals surface area contributed by atoms with Crippen LogP contribution < -0.4 is 4.74 Å². The third-order valence-corrected chi connectivity index (χ3v) is 1.91. The van der Waals surface area contributed by atoms with Crippen LogP contribution in [0, 0.1) is 11.6 Å². The highest BCUT2D eigenvalue weighted by atomic mass is 19.2. The number of benzene rings is 1. The van der Waals surface area contributed by atoms with E-state index in [0.29, 0.717) is 0 Å². The van der Waals surface area contributed by atoms with Gasteiger partial charge in [-0.05, 0) is 26.0 Å². The van der Waals surface area contributed by atoms with Gasteiger partial charge < -0.3 is 9.84 Å². The Kier molecular flexibility index (Phi) is 3.41. The summed E-state index contributed by atoms with van der Waals surface area (Å²) in [5.41, 5.74) is 0. The molecule has 0 saturated heterocycles. The summed E-state index contributed by atoms with van der Waals surface area (Å²) >= 11 is 0. The summed E-state index contributed by atoms with van der Waals surface area (Å²) in [6.45, 7) is 3.09. The van der Waals surface area contributed by atoms with E-state index in [1.807, 2.05) is 0 Å². The number of aliphatic hydroxyl groups excluding tert-OH is 1. The molecule has 2 nitrogen and oxygen atoms in total. The van der Waals surface area contributed by atoms with Crippen molar-refractivity contribution >= 4 is 0 Å². The van der Waals surface area contributed by atoms with Gasteiger partial charge in [0.15, 0.2) is 11.6 Å². The topological polar surface area (TPSA) is 29.5 Å². The zero-order chi connectivity index (χ0) is 10.7. The largest absolute Gasteiger partial charge is 0.485 e. The van der Waals surface area contributed by atoms with E-state index < -0.39 is 23.8 Å². The number of aliphatic hydroxyl groups is 1. The Balaban J connectivity index is 2.82. The molecule has 14 heavy (non-hydrogen) atoms. The predicted molar refractivity (Wildman–Crippen MR) is 48.1 cm³/mol. The van der Waals surface area contributed by atoms with Crippen molar-refractivity contribution in [2.24, 2.45) is 0 Å². The number of rotatable bonds is 3. The lowest BCUT2D eigenvalue weighted by molar-refractivity contribution is 0.0574. The second-order valence-corrected chi connectivity index (χ2v) is 3.12. The van der Waals surface area contributed by atoms with Crippen LogP contribution in [0.3, 0.4) is 0 Å². The lowest BCUT2D eigenvalue weighted by Crippen LogP contribution is -2.26. The Morgan fingerprint density at radius 3 is 2.50 bits per heavy atom. The summed E-state index contributed by atoms with van der Waals surface area (Å²) in [5, 5.41) is 9.10. The number of ether oxygens (including phenoxy) is 1. The molecule has 1 rings (SSSR count). The molecule has 1 unspecified atom stereocenters. The van der Waals surface area contributed by atoms with Crippen molar-refractivity contribution in [3.05, 3.63) is 29.8 Å². The van der Waals surface area contributed by atoms with E-state index in [2.05, 4.69) is 0 Å². The molecule has 0 amide bonds. The molecule has 78 valence electrons. The van der Waals surface area contributed by atoms with Gasteiger partial charge in [-0.25, -0.2) is 4.39 Å². The van der Waals surface area contributed by atoms with Gasteiger partial charge in [0.25, 0.3) is 0 Å². The molecule has 0 aromatic heterocycles. The maximum atomic E-state index is 13.0. The Morgan fingerprint density at radius 2 is 1.93 bits per heavy atom. The van der Waals surface area contributed by atoms with Gasteiger partial charge in [-0.15, -0.1) is 0 Å². The molecule has 1 N–H and O–H groups in total. The third-order valence-electron chi connectivity index (χ3n) is 1.91. The molecule has 0 aliphatic carbocycles. The maximum Gasteiger partial charge on any atom is 0.200 e. The summed E-state index contributed by atoms with van der Waals surface area (Å²) in [4.78, 5) is 0. The average molecular weight is 202 g/mol. The second kappa shape index (κ2) is 4.37. The minimum Gasteiger partial charge on any atom is -0.485 e. The first kappa shape index (κ1) is 10.9. The molecule has 4 heteroatoms. The van der Waals surface area contributed by atoms with E-state index in [0.717, 1.165) is 6.07 Å². The minimum atomic E-state index is -1.03. The van der Waals surface area contributed by atoms with Crippen LogP contribution in [-0.4, -0.2) is 17.3 Å². The molecule has 1 aromatic carbocycles. The summed E-state index contributed by atoms with van der Waals surface area (Å²) in [5.74, 6) is -2.17. The fraction of sp³-hybridized carbons (Fsp3) is 0.400. The molecule has 0 fully saturated rings. The first-order valence-corrected chi connectivity index (χ1v) is 4.31. The number of halogens is 2. The van der Waals surface area contributed by atoms with Crippen LogP contribution in [0.2, 0.25) is 0 Å². The summed E-state index contributed by atoms with van der Waals surface area (Å²) in [7, 11) is 0. The minimum absolute atomic E-state index is 0.182. The van der Waals surface area contributed by atoms with Crippen LogP contribution in [0.1, 0.15) is 13.8 Å². The lowest BCUT2D eigenvalue weighted by Gasteiger charge is -2.17. The summed E-state index contributed by atoms with van der Waals surface area (Å²) in [6, 6.07) is 3.68. The number of hydrogen-bond donors (Lipinski definition) is 1. The Labute approximate surface area is 81.1 Å². The molecule has 2 atom stereocenters. The first-order chi connectivity index (χ1) is 6.52. The molecule has 0 radical (unpaired) electrons. The highest BCUT2D eigenvalue weighted by molar-refractivity contribution is 5.25. The third kappa shape index (κ3) is 2.42. The molecular weight excluding hydrogens is 190 g/mol. The van der Waals surface area contributed by atoms with Crippen LogP contribution in [0.4, 0.5) is 8.78 Å². The van der Waals surface area contributed by atoms with Gasteiger partial charge in [0.1, 0.15) is 6.10 Å². The van der Waals surface area contributed by atoms with E-state index in [1.54, 1.807) is 6.92 Å². The summed E-state index contributed by atoms with van der Waals surface area (Å²) < 4.78 is 30.8. The molecule has 0 aliphatic rings. The van der Waals surface area contributed by atoms with Crippen molar-refractivity contribution in [1.29, 1.82) is 0 Å². The molecule has 0 bridgehead atoms. The van der Waals surface area contributed by atoms with Crippen molar-refractivity contribution in [3.8, 4) is 5.75 Å². The Bertz CT molecular complexity index is 313. The smallest absolute Gasteiger partial charge is 0.200 e. The van der Waals surface area contributed by atoms with E-state index in [4.69, 9.17) is 9.84 Å². The Morgan fingerprint density at radius 1 is 1.29 bits per heavy atom. The van der Waals surface area contributed by atoms with Crippen molar-refractivity contribution < 1.29 is 18.6 Å². The SMILES string of the molecule is CC(Oc1cccc(F)c1F)[C@@H](C)O. The van der Waals surface area contributed by atoms with Gasteiger partial charge in [-0.1, -0.05) is 6.07 Å². The maximum absolute atomic E-state index is 13.0. The van der Waals surface area contributed by atoms with Gasteiger partial charge in [0.2, 0.25) is 5.82 Å². The van der Waals surface area contributed by atoms with Crippen molar-refractivity contribution in [2.75, 3.05) is 0 Å². The van der Waals surface area contributed by atoms with Crippen molar-refractivity contribution in [3.63, 3.8) is 0 Å². The highest BCUT2D eigenvalue weighted by Gasteiger charge is 2.14. The zero-order valence-electron chi connectivity index (χ0n) is 8.00. The Hall–Kier alpha value is -1.16. The molecular formula is C10H12F2O2. The fourth-order valence-corrected chi connectivity index (χ4v) is 0.874. The van der Waals surface area contributed by atoms with E-state index in [9.17, 15) is 8.78 Å². The van der Waals surface area contributed by atoms with Crippen LogP contribution in [-0.2, 0) is 0 Å². The standard InChI is InChI=1S/C10H12F2O2/c1-6(13)7(2)14-9-5-3-4-8(11)10(9)12/h3-7,13H,1-2H3/t6-,7?/m1/s1. The molecule has 0 spiro atoms. The first-order valence-electron chi connectivity index (χ1n) is 4.31. The average Bonchev–Trinajstić information content (AvgIpc) is 2.12. The zero-order valence-corrected chi connectivity index (χ0v) is 8.00. The molecule has 0 aliphatic heterocycles. The highest BCUT2D eigenvalue weighted by Crippen LogP contribution is 2.20. The van der Waals surface area contributed by atoms with Crippen LogP contribution in [0.25, 0.3) is 0 Å². The van der Waals surface area contributed by atoms with Crippen molar-refractivity contribution in [2.45, 2.75) is 26.1 Å².